The molecule has 434 valence electrons. The van der Waals surface area contributed by atoms with Gasteiger partial charge in [0.2, 0.25) is 35.5 Å². The van der Waals surface area contributed by atoms with E-state index in [0.717, 1.165) is 42.6 Å². The predicted molar refractivity (Wildman–Crippen MR) is 303 cm³/mol. The molecule has 7 N–H and O–H groups in total. The number of anilines is 4. The zero-order chi connectivity index (χ0) is 57.7. The first-order chi connectivity index (χ1) is 39.7. The minimum Gasteiger partial charge on any atom is -0.445 e. The maximum Gasteiger partial charge on any atom is 0.410 e. The van der Waals surface area contributed by atoms with Crippen molar-refractivity contribution in [3.8, 4) is 11.8 Å². The van der Waals surface area contributed by atoms with Crippen molar-refractivity contribution < 1.29 is 52.6 Å². The Kier molecular flexibility index (Phi) is 19.5. The summed E-state index contributed by atoms with van der Waals surface area (Å²) >= 11 is 0. The quantitative estimate of drug-likeness (QED) is 0.0470. The molecular weight excluding hydrogens is 1050 g/mol. The molecule has 3 fully saturated rings. The molecule has 2 atom stereocenters. The molecule has 9 rings (SSSR count). The summed E-state index contributed by atoms with van der Waals surface area (Å²) in [6, 6.07) is 10.9. The van der Waals surface area contributed by atoms with Gasteiger partial charge < -0.3 is 60.8 Å². The number of imide groups is 1. The standard InChI is InChI=1S/C59H72N12O11/c1-68-48-33-62-58(67-53(48)70(35-52(68)74)42-12-3-4-13-42)65-46-25-18-39(32-49(46)80-2)54(75)64-41-21-23-43(24-22-41)69(59(79)82-36-37-16-19-40(20-17-37)63-50(72)15-5-7-28-61-57(60)78)29-31-81-30-8-6-10-38-11-9-14-44-45(38)34-71(56(44)77)47-26-27-51(73)66-55(47)76/h9,11,14,16-20,25,33,41-43,47,49H,3-5,7-8,12-13,15,21-24,26-32,34-36H2,1-2H3,(H,63,72)(H,64,75)(H3,60,61,78)(H,62,65,67)(H,66,73,76). The summed E-state index contributed by atoms with van der Waals surface area (Å²) in [5.74, 6) is 5.95. The second-order valence-electron chi connectivity index (χ2n) is 21.4. The second-order valence-corrected chi connectivity index (χ2v) is 21.4. The van der Waals surface area contributed by atoms with Gasteiger partial charge in [-0.25, -0.2) is 14.6 Å². The number of nitrogens with zero attached hydrogens (tertiary/aromatic N) is 6. The minimum atomic E-state index is -0.725. The third kappa shape index (κ3) is 14.6. The Hall–Kier alpha value is -8.36. The first kappa shape index (κ1) is 58.3. The second kappa shape index (κ2) is 27.4. The number of unbranched alkanes of at least 4 members (excludes halogenated alkanes) is 1. The number of ether oxygens (including phenoxy) is 3. The van der Waals surface area contributed by atoms with Crippen molar-refractivity contribution in [2.75, 3.05) is 67.4 Å². The Balaban J connectivity index is 0.785. The fourth-order valence-electron chi connectivity index (χ4n) is 11.4. The highest BCUT2D eigenvalue weighted by molar-refractivity contribution is 6.06. The van der Waals surface area contributed by atoms with E-state index in [1.165, 1.54) is 4.90 Å². The highest BCUT2D eigenvalue weighted by atomic mass is 16.6. The number of carbonyl (C=O) groups is 8. The van der Waals surface area contributed by atoms with Crippen molar-refractivity contribution in [2.24, 2.45) is 5.73 Å². The van der Waals surface area contributed by atoms with Gasteiger partial charge in [-0.3, -0.25) is 34.1 Å². The number of urea groups is 1. The van der Waals surface area contributed by atoms with Gasteiger partial charge in [-0.15, -0.1) is 0 Å². The lowest BCUT2D eigenvalue weighted by molar-refractivity contribution is -0.137. The minimum absolute atomic E-state index is 0.00449. The van der Waals surface area contributed by atoms with E-state index in [4.69, 9.17) is 24.9 Å². The lowest BCUT2D eigenvalue weighted by atomic mass is 9.89. The molecule has 2 saturated carbocycles. The zero-order valence-corrected chi connectivity index (χ0v) is 46.5. The van der Waals surface area contributed by atoms with Crippen LogP contribution in [-0.2, 0) is 51.3 Å². The van der Waals surface area contributed by atoms with Crippen molar-refractivity contribution in [3.63, 3.8) is 0 Å². The van der Waals surface area contributed by atoms with Crippen LogP contribution in [0.15, 0.2) is 72.1 Å². The van der Waals surface area contributed by atoms with Crippen LogP contribution >= 0.6 is 0 Å². The fourth-order valence-corrected chi connectivity index (χ4v) is 11.4. The molecule has 1 aromatic heterocycles. The van der Waals surface area contributed by atoms with Crippen molar-refractivity contribution in [1.29, 1.82) is 0 Å². The predicted octanol–water partition coefficient (Wildman–Crippen LogP) is 4.91. The number of nitrogens with one attached hydrogen (secondary N) is 5. The molecule has 2 unspecified atom stereocenters. The van der Waals surface area contributed by atoms with Gasteiger partial charge in [0.15, 0.2) is 5.82 Å². The molecule has 9 amide bonds. The van der Waals surface area contributed by atoms with E-state index in [-0.39, 0.29) is 106 Å². The molecule has 3 aromatic rings. The Bertz CT molecular complexity index is 3030. The highest BCUT2D eigenvalue weighted by Gasteiger charge is 2.40. The van der Waals surface area contributed by atoms with Gasteiger partial charge in [-0.1, -0.05) is 49.0 Å². The van der Waals surface area contributed by atoms with Crippen LogP contribution in [0.2, 0.25) is 0 Å². The third-order valence-electron chi connectivity index (χ3n) is 16.0. The molecule has 3 aliphatic carbocycles. The first-order valence-corrected chi connectivity index (χ1v) is 28.3. The SMILES string of the molecule is COC1CC(C(=O)NC2CCC(N(CCOCCC#Cc3cccc4c3CN(C3CCC(=O)NC3=O)C4=O)C(=O)OCc3ccc(NC(=O)CCCCNC(N)=O)cc3)CC2)=CC=C1Nc1ncc2c(n1)N(C1CCCC1)CC(=O)N2C. The van der Waals surface area contributed by atoms with Crippen molar-refractivity contribution in [3.05, 3.63) is 94.3 Å². The molecule has 82 heavy (non-hydrogen) atoms. The molecule has 1 saturated heterocycles. The van der Waals surface area contributed by atoms with E-state index >= 15 is 0 Å². The van der Waals surface area contributed by atoms with E-state index < -0.39 is 30.2 Å². The van der Waals surface area contributed by atoms with Crippen LogP contribution in [-0.4, -0.2) is 145 Å². The topological polar surface area (TPSA) is 289 Å². The number of allylic oxidation sites excluding steroid dienone is 2. The van der Waals surface area contributed by atoms with Gasteiger partial charge in [0.25, 0.3) is 5.91 Å². The van der Waals surface area contributed by atoms with Gasteiger partial charge in [0.1, 0.15) is 24.4 Å². The Labute approximate surface area is 476 Å². The van der Waals surface area contributed by atoms with Crippen LogP contribution in [0.4, 0.5) is 32.7 Å². The van der Waals surface area contributed by atoms with Crippen molar-refractivity contribution in [2.45, 2.75) is 140 Å². The summed E-state index contributed by atoms with van der Waals surface area (Å²) in [7, 11) is 3.34. The summed E-state index contributed by atoms with van der Waals surface area (Å²) in [6.45, 7) is 1.58. The number of rotatable bonds is 21. The fraction of sp³-hybridized carbons (Fsp3) is 0.492. The number of carbonyl (C=O) groups excluding carboxylic acids is 8. The van der Waals surface area contributed by atoms with Crippen LogP contribution in [0.3, 0.4) is 0 Å². The number of benzene rings is 2. The summed E-state index contributed by atoms with van der Waals surface area (Å²) in [6.07, 6.45) is 13.6. The maximum absolute atomic E-state index is 14.0. The number of hydrogen-bond donors (Lipinski definition) is 6. The lowest BCUT2D eigenvalue weighted by Crippen LogP contribution is -2.52. The summed E-state index contributed by atoms with van der Waals surface area (Å²) < 4.78 is 17.8. The summed E-state index contributed by atoms with van der Waals surface area (Å²) in [5.41, 5.74) is 10.2. The van der Waals surface area contributed by atoms with Crippen LogP contribution in [0, 0.1) is 11.8 Å². The van der Waals surface area contributed by atoms with E-state index in [1.54, 1.807) is 72.6 Å². The van der Waals surface area contributed by atoms with Crippen molar-refractivity contribution >= 4 is 70.7 Å². The number of methoxy groups -OCH3 is 1. The number of fused-ring (bicyclic) bond motifs is 2. The van der Waals surface area contributed by atoms with Crippen LogP contribution < -0.4 is 42.1 Å². The van der Waals surface area contributed by atoms with E-state index in [9.17, 15) is 38.4 Å². The van der Waals surface area contributed by atoms with Gasteiger partial charge >= 0.3 is 12.1 Å². The summed E-state index contributed by atoms with van der Waals surface area (Å²) in [5, 5.41) is 14.2. The lowest BCUT2D eigenvalue weighted by Gasteiger charge is -2.38. The van der Waals surface area contributed by atoms with Crippen molar-refractivity contribution in [1.82, 2.24) is 35.7 Å². The van der Waals surface area contributed by atoms with Gasteiger partial charge in [0.05, 0.1) is 26.0 Å². The number of amides is 9. The molecule has 4 heterocycles. The number of primary amides is 1. The highest BCUT2D eigenvalue weighted by Crippen LogP contribution is 2.37. The van der Waals surface area contributed by atoms with Gasteiger partial charge in [-0.2, -0.15) is 4.98 Å². The number of hydrogen-bond acceptors (Lipinski definition) is 15. The van der Waals surface area contributed by atoms with Gasteiger partial charge in [-0.05, 0) is 99.3 Å². The van der Waals surface area contributed by atoms with Crippen LogP contribution in [0.5, 0.6) is 0 Å². The van der Waals surface area contributed by atoms with Crippen LogP contribution in [0.1, 0.15) is 123 Å². The average molecular weight is 1130 g/mol. The molecule has 2 aromatic carbocycles. The normalized spacial score (nSPS) is 20.6. The van der Waals surface area contributed by atoms with E-state index in [1.807, 2.05) is 12.1 Å². The Morgan fingerprint density at radius 2 is 1.71 bits per heavy atom. The van der Waals surface area contributed by atoms with E-state index in [0.29, 0.717) is 97.6 Å². The number of aromatic nitrogens is 2. The monoisotopic (exact) mass is 1120 g/mol. The molecular formula is C59H72N12O11. The number of nitrogens with two attached hydrogens (primary N) is 1. The largest absolute Gasteiger partial charge is 0.445 e. The molecule has 0 radical (unpaired) electrons. The summed E-state index contributed by atoms with van der Waals surface area (Å²) in [4.78, 5) is 118. The number of likely N-dealkylation sites (N-methyl/N-ethyl adjacent to an activating group) is 1. The third-order valence-corrected chi connectivity index (χ3v) is 16.0. The number of piperidine rings is 1. The van der Waals surface area contributed by atoms with E-state index in [2.05, 4.69) is 48.3 Å². The molecule has 23 nitrogen and oxygen atoms in total. The molecule has 6 aliphatic rings. The maximum atomic E-state index is 14.0. The zero-order valence-electron chi connectivity index (χ0n) is 46.5. The molecule has 3 aliphatic heterocycles. The molecule has 23 heteroatoms. The molecule has 0 bridgehead atoms. The molecule has 0 spiro atoms. The van der Waals surface area contributed by atoms with Gasteiger partial charge in [0, 0.05) is 106 Å². The smallest absolute Gasteiger partial charge is 0.410 e. The average Bonchev–Trinajstić information content (AvgIpc) is 4.18. The van der Waals surface area contributed by atoms with Crippen LogP contribution in [0.25, 0.3) is 0 Å². The first-order valence-electron chi connectivity index (χ1n) is 28.3. The Morgan fingerprint density at radius 1 is 0.915 bits per heavy atom. The Morgan fingerprint density at radius 3 is 2.46 bits per heavy atom.